The summed E-state index contributed by atoms with van der Waals surface area (Å²) < 4.78 is 51.6. The van der Waals surface area contributed by atoms with Crippen molar-refractivity contribution in [1.29, 1.82) is 0 Å². The van der Waals surface area contributed by atoms with Gasteiger partial charge in [0.15, 0.2) is 11.5 Å². The summed E-state index contributed by atoms with van der Waals surface area (Å²) in [6.45, 7) is -0.932. The van der Waals surface area contributed by atoms with E-state index in [1.54, 1.807) is 6.07 Å². The molecule has 0 saturated heterocycles. The molecule has 0 aromatic heterocycles. The van der Waals surface area contributed by atoms with Crippen molar-refractivity contribution in [2.24, 2.45) is 0 Å². The van der Waals surface area contributed by atoms with E-state index in [-0.39, 0.29) is 49.7 Å². The molecule has 1 aromatic carbocycles. The van der Waals surface area contributed by atoms with Crippen molar-refractivity contribution in [3.63, 3.8) is 0 Å². The molecule has 9 nitrogen and oxygen atoms in total. The Bertz CT molecular complexity index is 942. The lowest BCUT2D eigenvalue weighted by molar-refractivity contribution is -0.172. The Morgan fingerprint density at radius 2 is 1.97 bits per heavy atom. The molecule has 1 aliphatic rings. The molecule has 0 aliphatic heterocycles. The fourth-order valence-electron chi connectivity index (χ4n) is 3.68. The highest BCUT2D eigenvalue weighted by atomic mass is 127. The van der Waals surface area contributed by atoms with Crippen LogP contribution in [0.15, 0.2) is 23.8 Å². The van der Waals surface area contributed by atoms with Crippen molar-refractivity contribution in [2.45, 2.75) is 50.8 Å². The van der Waals surface area contributed by atoms with Gasteiger partial charge in [-0.2, -0.15) is 13.2 Å². The zero-order chi connectivity index (χ0) is 26.3. The molecular formula is C22H28F3IN2O7. The van der Waals surface area contributed by atoms with E-state index in [4.69, 9.17) is 14.6 Å². The minimum atomic E-state index is -4.74. The van der Waals surface area contributed by atoms with Crippen LogP contribution in [0.3, 0.4) is 0 Å². The van der Waals surface area contributed by atoms with Crippen LogP contribution in [0, 0.1) is 3.57 Å². The van der Waals surface area contributed by atoms with E-state index in [0.29, 0.717) is 14.0 Å². The third-order valence-corrected chi connectivity index (χ3v) is 6.11. The summed E-state index contributed by atoms with van der Waals surface area (Å²) in [4.78, 5) is 25.6. The van der Waals surface area contributed by atoms with Gasteiger partial charge in [0.25, 0.3) is 0 Å². The molecular weight excluding hydrogens is 588 g/mol. The summed E-state index contributed by atoms with van der Waals surface area (Å²) in [7, 11) is 1.36. The molecule has 3 unspecified atom stereocenters. The fraction of sp³-hybridized carbons (Fsp3) is 0.545. The minimum absolute atomic E-state index is 0.00391. The second-order valence-electron chi connectivity index (χ2n) is 7.77. The highest BCUT2D eigenvalue weighted by molar-refractivity contribution is 14.1. The normalized spacial score (nSPS) is 20.1. The summed E-state index contributed by atoms with van der Waals surface area (Å²) in [6, 6.07) is 1.69. The number of aliphatic hydroxyl groups is 3. The lowest BCUT2D eigenvalue weighted by Crippen LogP contribution is -2.57. The maximum Gasteiger partial charge on any atom is 0.406 e. The quantitative estimate of drug-likeness (QED) is 0.294. The second kappa shape index (κ2) is 12.7. The molecule has 2 amide bonds. The number of hydrogen-bond donors (Lipinski definition) is 4. The number of rotatable bonds is 10. The Balaban J connectivity index is 2.52. The molecule has 0 spiro atoms. The van der Waals surface area contributed by atoms with Crippen LogP contribution in [-0.2, 0) is 16.2 Å². The highest BCUT2D eigenvalue weighted by Crippen LogP contribution is 2.37. The number of carbonyl (C=O) groups is 2. The lowest BCUT2D eigenvalue weighted by Gasteiger charge is -2.40. The van der Waals surface area contributed by atoms with Crippen LogP contribution in [0.5, 0.6) is 11.5 Å². The molecule has 1 aliphatic carbocycles. The van der Waals surface area contributed by atoms with Crippen molar-refractivity contribution >= 4 is 34.4 Å². The Kier molecular flexibility index (Phi) is 10.6. The molecule has 0 heterocycles. The standard InChI is InChI=1S/C22H28F3IN2O7/c1-3-18(31)28(11-22(23,24)25)15-8-13(21(33)27-4-5-29)9-16(19(15)32)35-20-14(26)6-12(10-30)7-17(20)34-2/h6-7,9,15-16,19,29-30,32H,3-5,8,10-11H2,1-2H3,(H,27,33). The van der Waals surface area contributed by atoms with Crippen molar-refractivity contribution in [3.8, 4) is 11.5 Å². The smallest absolute Gasteiger partial charge is 0.406 e. The molecule has 0 bridgehead atoms. The van der Waals surface area contributed by atoms with E-state index >= 15 is 0 Å². The highest BCUT2D eigenvalue weighted by Gasteiger charge is 2.44. The number of halogens is 4. The second-order valence-corrected chi connectivity index (χ2v) is 8.94. The van der Waals surface area contributed by atoms with Crippen LogP contribution in [0.4, 0.5) is 13.2 Å². The molecule has 2 rings (SSSR count). The lowest BCUT2D eigenvalue weighted by atomic mass is 9.88. The Labute approximate surface area is 214 Å². The third kappa shape index (κ3) is 7.69. The first-order valence-electron chi connectivity index (χ1n) is 10.7. The van der Waals surface area contributed by atoms with E-state index < -0.39 is 42.8 Å². The number of aliphatic hydroxyl groups excluding tert-OH is 3. The van der Waals surface area contributed by atoms with Gasteiger partial charge in [-0.05, 0) is 46.4 Å². The van der Waals surface area contributed by atoms with E-state index in [1.807, 2.05) is 22.6 Å². The van der Waals surface area contributed by atoms with Gasteiger partial charge in [0, 0.05) is 25.0 Å². The number of hydrogen-bond acceptors (Lipinski definition) is 7. The number of methoxy groups -OCH3 is 1. The number of alkyl halides is 3. The first-order chi connectivity index (χ1) is 16.4. The van der Waals surface area contributed by atoms with E-state index in [1.165, 1.54) is 26.2 Å². The van der Waals surface area contributed by atoms with Gasteiger partial charge in [-0.15, -0.1) is 0 Å². The first-order valence-corrected chi connectivity index (χ1v) is 11.8. The van der Waals surface area contributed by atoms with Crippen LogP contribution in [0.25, 0.3) is 0 Å². The molecule has 13 heteroatoms. The van der Waals surface area contributed by atoms with Gasteiger partial charge < -0.3 is 35.0 Å². The molecule has 1 aromatic rings. The van der Waals surface area contributed by atoms with Crippen molar-refractivity contribution in [1.82, 2.24) is 10.2 Å². The molecule has 196 valence electrons. The van der Waals surface area contributed by atoms with Crippen molar-refractivity contribution < 1.29 is 47.6 Å². The van der Waals surface area contributed by atoms with Crippen LogP contribution in [-0.4, -0.2) is 83.3 Å². The molecule has 0 radical (unpaired) electrons. The van der Waals surface area contributed by atoms with E-state index in [2.05, 4.69) is 5.32 Å². The molecule has 35 heavy (non-hydrogen) atoms. The number of nitrogens with one attached hydrogen (secondary N) is 1. The van der Waals surface area contributed by atoms with Crippen LogP contribution in [0.1, 0.15) is 25.3 Å². The maximum absolute atomic E-state index is 13.3. The number of carbonyl (C=O) groups excluding carboxylic acids is 2. The topological polar surface area (TPSA) is 129 Å². The molecule has 4 N–H and O–H groups in total. The minimum Gasteiger partial charge on any atom is -0.493 e. The average molecular weight is 616 g/mol. The summed E-state index contributed by atoms with van der Waals surface area (Å²) in [5, 5.41) is 31.9. The van der Waals surface area contributed by atoms with Crippen molar-refractivity contribution in [3.05, 3.63) is 32.9 Å². The zero-order valence-corrected chi connectivity index (χ0v) is 21.3. The maximum atomic E-state index is 13.3. The van der Waals surface area contributed by atoms with Gasteiger partial charge in [0.05, 0.1) is 29.9 Å². The average Bonchev–Trinajstić information content (AvgIpc) is 2.81. The summed E-state index contributed by atoms with van der Waals surface area (Å²) in [5.41, 5.74) is 0.515. The summed E-state index contributed by atoms with van der Waals surface area (Å²) >= 11 is 1.91. The van der Waals surface area contributed by atoms with Gasteiger partial charge in [-0.1, -0.05) is 6.92 Å². The monoisotopic (exact) mass is 616 g/mol. The van der Waals surface area contributed by atoms with E-state index in [9.17, 15) is 33.0 Å². The number of benzene rings is 1. The van der Waals surface area contributed by atoms with Gasteiger partial charge in [-0.3, -0.25) is 9.59 Å². The number of ether oxygens (including phenoxy) is 2. The molecule has 0 saturated carbocycles. The van der Waals surface area contributed by atoms with E-state index in [0.717, 1.165) is 0 Å². The van der Waals surface area contributed by atoms with Gasteiger partial charge >= 0.3 is 6.18 Å². The predicted octanol–water partition coefficient (Wildman–Crippen LogP) is 1.51. The van der Waals surface area contributed by atoms with Gasteiger partial charge in [0.2, 0.25) is 11.8 Å². The number of amides is 2. The zero-order valence-electron chi connectivity index (χ0n) is 19.1. The number of nitrogens with zero attached hydrogens (tertiary/aromatic N) is 1. The van der Waals surface area contributed by atoms with Gasteiger partial charge in [0.1, 0.15) is 18.8 Å². The third-order valence-electron chi connectivity index (χ3n) is 5.31. The van der Waals surface area contributed by atoms with Crippen LogP contribution < -0.4 is 14.8 Å². The van der Waals surface area contributed by atoms with Gasteiger partial charge in [-0.25, -0.2) is 0 Å². The Morgan fingerprint density at radius 3 is 2.51 bits per heavy atom. The summed E-state index contributed by atoms with van der Waals surface area (Å²) in [6.07, 6.45) is -6.97. The molecule has 3 atom stereocenters. The largest absolute Gasteiger partial charge is 0.493 e. The Hall–Kier alpha value is -2.10. The SMILES string of the molecule is CCC(=O)N(CC(F)(F)F)C1CC(C(=O)NCCO)=CC(Oc2c(I)cc(CO)cc2OC)C1O. The van der Waals surface area contributed by atoms with Crippen LogP contribution >= 0.6 is 22.6 Å². The predicted molar refractivity (Wildman–Crippen MR) is 127 cm³/mol. The van der Waals surface area contributed by atoms with Crippen LogP contribution in [0.2, 0.25) is 0 Å². The van der Waals surface area contributed by atoms with Crippen molar-refractivity contribution in [2.75, 3.05) is 26.8 Å². The fourth-order valence-corrected chi connectivity index (χ4v) is 4.47. The first kappa shape index (κ1) is 29.1. The summed E-state index contributed by atoms with van der Waals surface area (Å²) in [5.74, 6) is -1.17. The molecule has 0 fully saturated rings. The Morgan fingerprint density at radius 1 is 1.29 bits per heavy atom.